The van der Waals surface area contributed by atoms with Gasteiger partial charge in [0.15, 0.2) is 0 Å². The average Bonchev–Trinajstić information content (AvgIpc) is 2.24. The second-order valence-electron chi connectivity index (χ2n) is 4.91. The van der Waals surface area contributed by atoms with Crippen LogP contribution in [0.3, 0.4) is 0 Å². The maximum Gasteiger partial charge on any atom is 0.0614 e. The first-order valence-corrected chi connectivity index (χ1v) is 6.80. The summed E-state index contributed by atoms with van der Waals surface area (Å²) < 4.78 is 0. The third kappa shape index (κ3) is 2.63. The zero-order valence-electron chi connectivity index (χ0n) is 10.0. The first kappa shape index (κ1) is 12.8. The van der Waals surface area contributed by atoms with E-state index in [1.54, 1.807) is 12.1 Å². The molecule has 0 heterocycles. The van der Waals surface area contributed by atoms with Crippen molar-refractivity contribution in [1.82, 2.24) is 0 Å². The molecule has 0 bridgehead atoms. The minimum Gasteiger partial charge on any atom is -0.397 e. The van der Waals surface area contributed by atoms with E-state index in [1.807, 2.05) is 0 Å². The van der Waals surface area contributed by atoms with Gasteiger partial charge in [-0.25, -0.2) is 0 Å². The molecule has 1 saturated carbocycles. The lowest BCUT2D eigenvalue weighted by atomic mass is 9.67. The monoisotopic (exact) mass is 272 g/mol. The van der Waals surface area contributed by atoms with Crippen molar-refractivity contribution >= 4 is 34.6 Å². The van der Waals surface area contributed by atoms with Crippen molar-refractivity contribution in [3.05, 3.63) is 22.2 Å². The summed E-state index contributed by atoms with van der Waals surface area (Å²) in [6.07, 6.45) is 5.16. The maximum atomic E-state index is 5.99. The molecule has 1 aliphatic rings. The summed E-state index contributed by atoms with van der Waals surface area (Å²) in [6.45, 7) is 3.21. The number of hydrogen-bond acceptors (Lipinski definition) is 2. The molecule has 94 valence electrons. The lowest BCUT2D eigenvalue weighted by Crippen LogP contribution is -2.35. The second kappa shape index (κ2) is 4.95. The van der Waals surface area contributed by atoms with Gasteiger partial charge in [0.2, 0.25) is 0 Å². The number of nitrogen functional groups attached to an aromatic ring is 1. The molecule has 2 rings (SSSR count). The normalized spacial score (nSPS) is 17.6. The highest BCUT2D eigenvalue weighted by molar-refractivity contribution is 6.42. The van der Waals surface area contributed by atoms with E-state index in [9.17, 15) is 0 Å². The quantitative estimate of drug-likeness (QED) is 0.789. The topological polar surface area (TPSA) is 38.0 Å². The van der Waals surface area contributed by atoms with Crippen LogP contribution >= 0.6 is 23.2 Å². The van der Waals surface area contributed by atoms with Crippen LogP contribution in [0.15, 0.2) is 12.1 Å². The lowest BCUT2D eigenvalue weighted by molar-refractivity contribution is 0.145. The van der Waals surface area contributed by atoms with Crippen molar-refractivity contribution in [3.8, 4) is 0 Å². The molecule has 2 nitrogen and oxygen atoms in total. The molecule has 0 radical (unpaired) electrons. The molecular weight excluding hydrogens is 255 g/mol. The lowest BCUT2D eigenvalue weighted by Gasteiger charge is -2.41. The average molecular weight is 273 g/mol. The van der Waals surface area contributed by atoms with E-state index < -0.39 is 0 Å². The molecular formula is C13H18Cl2N2. The van der Waals surface area contributed by atoms with Crippen LogP contribution < -0.4 is 11.1 Å². The maximum absolute atomic E-state index is 5.99. The molecule has 3 N–H and O–H groups in total. The van der Waals surface area contributed by atoms with Gasteiger partial charge in [-0.2, -0.15) is 0 Å². The van der Waals surface area contributed by atoms with Gasteiger partial charge < -0.3 is 11.1 Å². The SMILES string of the molecule is CCC1(CNc2cc(Cl)c(Cl)cc2N)CCC1. The van der Waals surface area contributed by atoms with Crippen LogP contribution in [0.1, 0.15) is 32.6 Å². The van der Waals surface area contributed by atoms with Crippen molar-refractivity contribution in [2.24, 2.45) is 5.41 Å². The van der Waals surface area contributed by atoms with E-state index in [-0.39, 0.29) is 0 Å². The molecule has 0 aliphatic heterocycles. The molecule has 1 fully saturated rings. The number of nitrogens with one attached hydrogen (secondary N) is 1. The largest absolute Gasteiger partial charge is 0.397 e. The Morgan fingerprint density at radius 2 is 1.94 bits per heavy atom. The van der Waals surface area contributed by atoms with E-state index in [0.29, 0.717) is 21.1 Å². The fourth-order valence-electron chi connectivity index (χ4n) is 2.33. The number of benzene rings is 1. The third-order valence-electron chi connectivity index (χ3n) is 3.91. The zero-order chi connectivity index (χ0) is 12.5. The fourth-order valence-corrected chi connectivity index (χ4v) is 2.67. The van der Waals surface area contributed by atoms with Crippen LogP contribution in [0, 0.1) is 5.41 Å². The van der Waals surface area contributed by atoms with Crippen molar-refractivity contribution in [3.63, 3.8) is 0 Å². The van der Waals surface area contributed by atoms with Gasteiger partial charge in [-0.05, 0) is 36.8 Å². The molecule has 1 aromatic rings. The predicted octanol–water partition coefficient (Wildman–Crippen LogP) is 4.57. The van der Waals surface area contributed by atoms with Gasteiger partial charge in [-0.1, -0.05) is 36.5 Å². The number of nitrogens with two attached hydrogens (primary N) is 1. The van der Waals surface area contributed by atoms with Gasteiger partial charge in [0.1, 0.15) is 0 Å². The highest BCUT2D eigenvalue weighted by atomic mass is 35.5. The zero-order valence-corrected chi connectivity index (χ0v) is 11.5. The Hall–Kier alpha value is -0.600. The van der Waals surface area contributed by atoms with E-state index in [4.69, 9.17) is 28.9 Å². The van der Waals surface area contributed by atoms with Gasteiger partial charge >= 0.3 is 0 Å². The van der Waals surface area contributed by atoms with Crippen LogP contribution in [0.4, 0.5) is 11.4 Å². The standard InChI is InChI=1S/C13H18Cl2N2/c1-2-13(4-3-5-13)8-17-12-7-10(15)9(14)6-11(12)16/h6-7,17H,2-5,8,16H2,1H3. The van der Waals surface area contributed by atoms with Crippen LogP contribution in [-0.4, -0.2) is 6.54 Å². The van der Waals surface area contributed by atoms with E-state index in [0.717, 1.165) is 12.2 Å². The Morgan fingerprint density at radius 3 is 2.47 bits per heavy atom. The smallest absolute Gasteiger partial charge is 0.0614 e. The summed E-state index contributed by atoms with van der Waals surface area (Å²) in [5, 5.41) is 4.45. The number of hydrogen-bond donors (Lipinski definition) is 2. The van der Waals surface area contributed by atoms with Crippen LogP contribution in [0.25, 0.3) is 0 Å². The Balaban J connectivity index is 2.06. The van der Waals surface area contributed by atoms with Crippen LogP contribution in [-0.2, 0) is 0 Å². The molecule has 1 aliphatic carbocycles. The molecule has 4 heteroatoms. The number of anilines is 2. The van der Waals surface area contributed by atoms with Gasteiger partial charge in [-0.15, -0.1) is 0 Å². The van der Waals surface area contributed by atoms with E-state index in [2.05, 4.69) is 12.2 Å². The minimum absolute atomic E-state index is 0.457. The first-order valence-electron chi connectivity index (χ1n) is 6.05. The summed E-state index contributed by atoms with van der Waals surface area (Å²) in [7, 11) is 0. The molecule has 1 aromatic carbocycles. The third-order valence-corrected chi connectivity index (χ3v) is 4.63. The van der Waals surface area contributed by atoms with Crippen molar-refractivity contribution in [2.75, 3.05) is 17.6 Å². The van der Waals surface area contributed by atoms with Crippen LogP contribution in [0.5, 0.6) is 0 Å². The van der Waals surface area contributed by atoms with Gasteiger partial charge in [0, 0.05) is 6.54 Å². The van der Waals surface area contributed by atoms with Crippen molar-refractivity contribution in [1.29, 1.82) is 0 Å². The highest BCUT2D eigenvalue weighted by Crippen LogP contribution is 2.44. The van der Waals surface area contributed by atoms with Crippen molar-refractivity contribution < 1.29 is 0 Å². The van der Waals surface area contributed by atoms with Gasteiger partial charge in [-0.3, -0.25) is 0 Å². The Labute approximate surface area is 112 Å². The van der Waals surface area contributed by atoms with E-state index in [1.165, 1.54) is 25.7 Å². The molecule has 0 unspecified atom stereocenters. The Morgan fingerprint density at radius 1 is 1.29 bits per heavy atom. The molecule has 0 atom stereocenters. The highest BCUT2D eigenvalue weighted by Gasteiger charge is 2.34. The first-order chi connectivity index (χ1) is 8.06. The van der Waals surface area contributed by atoms with Crippen LogP contribution in [0.2, 0.25) is 10.0 Å². The van der Waals surface area contributed by atoms with Gasteiger partial charge in [0.25, 0.3) is 0 Å². The summed E-state index contributed by atoms with van der Waals surface area (Å²) >= 11 is 11.9. The summed E-state index contributed by atoms with van der Waals surface area (Å²) in [6, 6.07) is 3.51. The predicted molar refractivity (Wildman–Crippen MR) is 75.9 cm³/mol. The molecule has 0 spiro atoms. The summed E-state index contributed by atoms with van der Waals surface area (Å²) in [5.41, 5.74) is 7.92. The summed E-state index contributed by atoms with van der Waals surface area (Å²) in [5.74, 6) is 0. The molecule has 0 aromatic heterocycles. The number of rotatable bonds is 4. The van der Waals surface area contributed by atoms with Gasteiger partial charge in [0.05, 0.1) is 21.4 Å². The Bertz CT molecular complexity index is 409. The summed E-state index contributed by atoms with van der Waals surface area (Å²) in [4.78, 5) is 0. The van der Waals surface area contributed by atoms with Crippen molar-refractivity contribution in [2.45, 2.75) is 32.6 Å². The molecule has 17 heavy (non-hydrogen) atoms. The molecule has 0 amide bonds. The number of halogens is 2. The van der Waals surface area contributed by atoms with E-state index >= 15 is 0 Å². The minimum atomic E-state index is 0.457. The second-order valence-corrected chi connectivity index (χ2v) is 5.73. The fraction of sp³-hybridized carbons (Fsp3) is 0.538. The molecule has 0 saturated heterocycles. The Kier molecular flexibility index (Phi) is 3.74.